The summed E-state index contributed by atoms with van der Waals surface area (Å²) in [5.74, 6) is 0.993. The molecule has 3 heterocycles. The number of hydrogen-bond acceptors (Lipinski definition) is 6. The van der Waals surface area contributed by atoms with Crippen molar-refractivity contribution < 1.29 is 13.2 Å². The zero-order chi connectivity index (χ0) is 20.7. The number of hydrogen-bond donors (Lipinski definition) is 0. The predicted octanol–water partition coefficient (Wildman–Crippen LogP) is 5.35. The van der Waals surface area contributed by atoms with Gasteiger partial charge in [0.05, 0.1) is 11.6 Å². The second kappa shape index (κ2) is 7.59. The summed E-state index contributed by atoms with van der Waals surface area (Å²) in [4.78, 5) is 7.53. The zero-order valence-electron chi connectivity index (χ0n) is 15.4. The molecule has 1 aliphatic rings. The van der Waals surface area contributed by atoms with Crippen LogP contribution in [0.1, 0.15) is 11.9 Å². The van der Waals surface area contributed by atoms with Gasteiger partial charge < -0.3 is 0 Å². The van der Waals surface area contributed by atoms with Gasteiger partial charge in [-0.1, -0.05) is 60.3 Å². The van der Waals surface area contributed by atoms with Gasteiger partial charge in [-0.25, -0.2) is 9.97 Å². The van der Waals surface area contributed by atoms with Crippen molar-refractivity contribution in [3.8, 4) is 11.4 Å². The van der Waals surface area contributed by atoms with Gasteiger partial charge in [-0.2, -0.15) is 13.2 Å². The third-order valence-electron chi connectivity index (χ3n) is 4.70. The van der Waals surface area contributed by atoms with Gasteiger partial charge in [-0.15, -0.1) is 22.0 Å². The van der Waals surface area contributed by atoms with Crippen molar-refractivity contribution in [1.82, 2.24) is 24.7 Å². The van der Waals surface area contributed by atoms with Crippen molar-refractivity contribution >= 4 is 34.4 Å². The molecule has 0 saturated carbocycles. The summed E-state index contributed by atoms with van der Waals surface area (Å²) in [6, 6.07) is 16.6. The van der Waals surface area contributed by atoms with Gasteiger partial charge in [-0.05, 0) is 6.07 Å². The van der Waals surface area contributed by atoms with E-state index >= 15 is 0 Å². The highest BCUT2D eigenvalue weighted by atomic mass is 32.2. The van der Waals surface area contributed by atoms with Crippen LogP contribution >= 0.6 is 23.5 Å². The number of thioether (sulfide) groups is 2. The molecule has 2 aromatic heterocycles. The maximum atomic E-state index is 13.3. The van der Waals surface area contributed by atoms with E-state index in [4.69, 9.17) is 0 Å². The molecule has 0 radical (unpaired) electrons. The summed E-state index contributed by atoms with van der Waals surface area (Å²) in [7, 11) is 0. The molecule has 10 heteroatoms. The summed E-state index contributed by atoms with van der Waals surface area (Å²) < 4.78 is 41.9. The lowest BCUT2D eigenvalue weighted by Gasteiger charge is -2.15. The van der Waals surface area contributed by atoms with E-state index in [1.807, 2.05) is 30.3 Å². The van der Waals surface area contributed by atoms with Crippen LogP contribution in [0.2, 0.25) is 0 Å². The minimum Gasteiger partial charge on any atom is -0.297 e. The van der Waals surface area contributed by atoms with Crippen LogP contribution in [-0.4, -0.2) is 36.2 Å². The Bertz CT molecular complexity index is 1210. The standard InChI is InChI=1S/C20H14F3N5S2/c21-20(22,23)18-24-15-9-5-4-8-14(15)17(25-18)29-10-13-11-30-19-27-26-16(28(13)19)12-6-2-1-3-7-12/h1-9,13H,10-11H2/t13-/m1/s1. The number of nitrogens with zero attached hydrogens (tertiary/aromatic N) is 5. The molecule has 1 aliphatic heterocycles. The summed E-state index contributed by atoms with van der Waals surface area (Å²) in [6.45, 7) is 0. The third-order valence-corrected chi connectivity index (χ3v) is 6.92. The molecule has 0 aliphatic carbocycles. The smallest absolute Gasteiger partial charge is 0.297 e. The number of benzene rings is 2. The Hall–Kier alpha value is -2.59. The average molecular weight is 445 g/mol. The predicted molar refractivity (Wildman–Crippen MR) is 110 cm³/mol. The van der Waals surface area contributed by atoms with E-state index in [-0.39, 0.29) is 11.6 Å². The molecule has 4 aromatic rings. The molecule has 0 amide bonds. The Morgan fingerprint density at radius 1 is 1.00 bits per heavy atom. The lowest BCUT2D eigenvalue weighted by atomic mass is 10.2. The van der Waals surface area contributed by atoms with Crippen LogP contribution in [0.3, 0.4) is 0 Å². The minimum atomic E-state index is -4.59. The van der Waals surface area contributed by atoms with E-state index in [1.54, 1.807) is 36.0 Å². The number of alkyl halides is 3. The molecule has 0 N–H and O–H groups in total. The highest BCUT2D eigenvalue weighted by Gasteiger charge is 2.36. The van der Waals surface area contributed by atoms with E-state index < -0.39 is 12.0 Å². The first-order chi connectivity index (χ1) is 14.5. The van der Waals surface area contributed by atoms with Gasteiger partial charge in [0.2, 0.25) is 5.82 Å². The van der Waals surface area contributed by atoms with Gasteiger partial charge in [0, 0.05) is 22.5 Å². The zero-order valence-corrected chi connectivity index (χ0v) is 17.0. The Kier molecular flexibility index (Phi) is 4.90. The highest BCUT2D eigenvalue weighted by molar-refractivity contribution is 8.00. The molecule has 0 bridgehead atoms. The van der Waals surface area contributed by atoms with Crippen molar-refractivity contribution in [3.63, 3.8) is 0 Å². The van der Waals surface area contributed by atoms with Crippen LogP contribution in [0, 0.1) is 0 Å². The molecule has 2 aromatic carbocycles. The van der Waals surface area contributed by atoms with Crippen molar-refractivity contribution in [2.24, 2.45) is 0 Å². The topological polar surface area (TPSA) is 56.5 Å². The number of fused-ring (bicyclic) bond motifs is 2. The monoisotopic (exact) mass is 445 g/mol. The lowest BCUT2D eigenvalue weighted by molar-refractivity contribution is -0.145. The Labute approximate surface area is 178 Å². The number of para-hydroxylation sites is 1. The van der Waals surface area contributed by atoms with Crippen molar-refractivity contribution in [3.05, 3.63) is 60.4 Å². The molecule has 1 atom stereocenters. The molecular formula is C20H14F3N5S2. The fourth-order valence-corrected chi connectivity index (χ4v) is 5.64. The third kappa shape index (κ3) is 3.54. The summed E-state index contributed by atoms with van der Waals surface area (Å²) >= 11 is 2.91. The molecule has 5 nitrogen and oxygen atoms in total. The van der Waals surface area contributed by atoms with Crippen LogP contribution in [0.5, 0.6) is 0 Å². The summed E-state index contributed by atoms with van der Waals surface area (Å²) in [5, 5.41) is 10.4. The SMILES string of the molecule is FC(F)(F)c1nc(SC[C@@H]2CSc3nnc(-c4ccccc4)n32)c2ccccc2n1. The molecule has 0 saturated heterocycles. The Balaban J connectivity index is 1.47. The Morgan fingerprint density at radius 2 is 1.77 bits per heavy atom. The van der Waals surface area contributed by atoms with Gasteiger partial charge in [0.25, 0.3) is 0 Å². The van der Waals surface area contributed by atoms with E-state index in [9.17, 15) is 13.2 Å². The fraction of sp³-hybridized carbons (Fsp3) is 0.200. The van der Waals surface area contributed by atoms with Gasteiger partial charge >= 0.3 is 6.18 Å². The summed E-state index contributed by atoms with van der Waals surface area (Å²) in [5.41, 5.74) is 1.25. The molecule has 152 valence electrons. The molecule has 0 unspecified atom stereocenters. The van der Waals surface area contributed by atoms with Gasteiger partial charge in [0.1, 0.15) is 5.03 Å². The van der Waals surface area contributed by atoms with Crippen LogP contribution in [0.4, 0.5) is 13.2 Å². The van der Waals surface area contributed by atoms with Crippen LogP contribution < -0.4 is 0 Å². The molecule has 0 fully saturated rings. The number of halogens is 3. The average Bonchev–Trinajstić information content (AvgIpc) is 3.34. The maximum absolute atomic E-state index is 13.3. The largest absolute Gasteiger partial charge is 0.451 e. The summed E-state index contributed by atoms with van der Waals surface area (Å²) in [6.07, 6.45) is -4.59. The van der Waals surface area contributed by atoms with Gasteiger partial charge in [0.15, 0.2) is 11.0 Å². The Morgan fingerprint density at radius 3 is 2.57 bits per heavy atom. The molecule has 0 spiro atoms. The second-order valence-electron chi connectivity index (χ2n) is 6.69. The van der Waals surface area contributed by atoms with Crippen molar-refractivity contribution in [2.45, 2.75) is 22.4 Å². The van der Waals surface area contributed by atoms with Crippen molar-refractivity contribution in [2.75, 3.05) is 11.5 Å². The van der Waals surface area contributed by atoms with E-state index in [2.05, 4.69) is 24.7 Å². The molecular weight excluding hydrogens is 431 g/mol. The first-order valence-corrected chi connectivity index (χ1v) is 11.1. The molecule has 30 heavy (non-hydrogen) atoms. The minimum absolute atomic E-state index is 0.0447. The van der Waals surface area contributed by atoms with Crippen LogP contribution in [-0.2, 0) is 6.18 Å². The number of rotatable bonds is 4. The van der Waals surface area contributed by atoms with E-state index in [0.717, 1.165) is 22.3 Å². The van der Waals surface area contributed by atoms with Crippen LogP contribution in [0.25, 0.3) is 22.3 Å². The van der Waals surface area contributed by atoms with Crippen LogP contribution in [0.15, 0.2) is 64.8 Å². The van der Waals surface area contributed by atoms with Crippen molar-refractivity contribution in [1.29, 1.82) is 0 Å². The first-order valence-electron chi connectivity index (χ1n) is 9.10. The fourth-order valence-electron chi connectivity index (χ4n) is 3.32. The van der Waals surface area contributed by atoms with E-state index in [0.29, 0.717) is 16.2 Å². The quantitative estimate of drug-likeness (QED) is 0.312. The maximum Gasteiger partial charge on any atom is 0.451 e. The number of aromatic nitrogens is 5. The lowest BCUT2D eigenvalue weighted by Crippen LogP contribution is -2.13. The van der Waals surface area contributed by atoms with Gasteiger partial charge in [-0.3, -0.25) is 4.57 Å². The first kappa shape index (κ1) is 19.4. The van der Waals surface area contributed by atoms with E-state index in [1.165, 1.54) is 11.8 Å². The second-order valence-corrected chi connectivity index (χ2v) is 8.68. The molecule has 5 rings (SSSR count). The highest BCUT2D eigenvalue weighted by Crippen LogP contribution is 2.40. The normalized spacial score (nSPS) is 16.2.